The van der Waals surface area contributed by atoms with E-state index in [0.717, 1.165) is 37.2 Å². The van der Waals surface area contributed by atoms with Crippen molar-refractivity contribution in [1.29, 1.82) is 0 Å². The molecule has 5 heteroatoms. The second-order valence-corrected chi connectivity index (χ2v) is 5.13. The van der Waals surface area contributed by atoms with Crippen LogP contribution in [0, 0.1) is 5.92 Å². The van der Waals surface area contributed by atoms with Crippen molar-refractivity contribution in [2.75, 3.05) is 37.4 Å². The number of nitrogens with two attached hydrogens (primary N) is 1. The number of aromatic nitrogens is 1. The number of rotatable bonds is 3. The van der Waals surface area contributed by atoms with Gasteiger partial charge in [0.1, 0.15) is 5.52 Å². The zero-order valence-corrected chi connectivity index (χ0v) is 11.1. The molecule has 1 aliphatic heterocycles. The largest absolute Gasteiger partial charge is 0.423 e. The Morgan fingerprint density at radius 1 is 1.53 bits per heavy atom. The molecule has 1 aromatic carbocycles. The number of anilines is 2. The molecule has 1 unspecified atom stereocenters. The fraction of sp³-hybridized carbons (Fsp3) is 0.500. The monoisotopic (exact) mass is 261 g/mol. The summed E-state index contributed by atoms with van der Waals surface area (Å²) in [6.07, 6.45) is 2.35. The molecule has 0 saturated carbocycles. The van der Waals surface area contributed by atoms with Gasteiger partial charge >= 0.3 is 0 Å². The minimum absolute atomic E-state index is 0.554. The van der Waals surface area contributed by atoms with Crippen LogP contribution in [0.5, 0.6) is 0 Å². The van der Waals surface area contributed by atoms with Gasteiger partial charge in [0.2, 0.25) is 0 Å². The van der Waals surface area contributed by atoms with E-state index in [1.807, 2.05) is 18.2 Å². The Balaban J connectivity index is 1.83. The average molecular weight is 261 g/mol. The molecule has 2 heterocycles. The van der Waals surface area contributed by atoms with E-state index in [1.54, 1.807) is 7.11 Å². The number of nitrogens with zero attached hydrogens (tertiary/aromatic N) is 2. The first-order valence-electron chi connectivity index (χ1n) is 6.66. The maximum Gasteiger partial charge on any atom is 0.298 e. The number of piperidine rings is 1. The van der Waals surface area contributed by atoms with Crippen molar-refractivity contribution >= 4 is 22.8 Å². The predicted octanol–water partition coefficient (Wildman–Crippen LogP) is 2.27. The summed E-state index contributed by atoms with van der Waals surface area (Å²) in [4.78, 5) is 6.73. The van der Waals surface area contributed by atoms with Gasteiger partial charge in [0.25, 0.3) is 6.01 Å². The van der Waals surface area contributed by atoms with Crippen molar-refractivity contribution < 1.29 is 9.15 Å². The molecule has 0 spiro atoms. The van der Waals surface area contributed by atoms with E-state index in [-0.39, 0.29) is 0 Å². The fourth-order valence-electron chi connectivity index (χ4n) is 2.68. The highest BCUT2D eigenvalue weighted by Crippen LogP contribution is 2.27. The van der Waals surface area contributed by atoms with E-state index in [1.165, 1.54) is 6.42 Å². The zero-order chi connectivity index (χ0) is 13.2. The van der Waals surface area contributed by atoms with Crippen molar-refractivity contribution in [3.8, 4) is 0 Å². The lowest BCUT2D eigenvalue weighted by Gasteiger charge is -2.31. The summed E-state index contributed by atoms with van der Waals surface area (Å²) in [5.74, 6) is 0.554. The van der Waals surface area contributed by atoms with Gasteiger partial charge < -0.3 is 19.8 Å². The van der Waals surface area contributed by atoms with Gasteiger partial charge in [-0.05, 0) is 37.0 Å². The second kappa shape index (κ2) is 5.09. The van der Waals surface area contributed by atoms with Crippen molar-refractivity contribution in [2.45, 2.75) is 12.8 Å². The molecular weight excluding hydrogens is 242 g/mol. The summed E-state index contributed by atoms with van der Waals surface area (Å²) in [5, 5.41) is 0. The third-order valence-corrected chi connectivity index (χ3v) is 3.59. The number of nitrogen functional groups attached to an aromatic ring is 1. The van der Waals surface area contributed by atoms with Crippen LogP contribution in [0.25, 0.3) is 11.1 Å². The van der Waals surface area contributed by atoms with E-state index < -0.39 is 0 Å². The Morgan fingerprint density at radius 3 is 3.26 bits per heavy atom. The molecular formula is C14H19N3O2. The molecule has 1 fully saturated rings. The zero-order valence-electron chi connectivity index (χ0n) is 11.1. The molecule has 2 N–H and O–H groups in total. The minimum atomic E-state index is 0.554. The second-order valence-electron chi connectivity index (χ2n) is 5.13. The molecule has 3 rings (SSSR count). The van der Waals surface area contributed by atoms with E-state index in [0.29, 0.717) is 17.6 Å². The Bertz CT molecular complexity index is 565. The van der Waals surface area contributed by atoms with Gasteiger partial charge in [0, 0.05) is 25.9 Å². The van der Waals surface area contributed by atoms with Crippen LogP contribution < -0.4 is 10.6 Å². The molecule has 1 saturated heterocycles. The SMILES string of the molecule is COCC1CCCN(c2nc3cc(N)ccc3o2)C1. The molecule has 1 aliphatic rings. The van der Waals surface area contributed by atoms with E-state index in [2.05, 4.69) is 9.88 Å². The van der Waals surface area contributed by atoms with Gasteiger partial charge in [0.15, 0.2) is 5.58 Å². The minimum Gasteiger partial charge on any atom is -0.423 e. The Hall–Kier alpha value is -1.75. The van der Waals surface area contributed by atoms with Crippen molar-refractivity contribution in [1.82, 2.24) is 4.98 Å². The smallest absolute Gasteiger partial charge is 0.298 e. The molecule has 1 atom stereocenters. The number of hydrogen-bond donors (Lipinski definition) is 1. The molecule has 1 aromatic heterocycles. The third-order valence-electron chi connectivity index (χ3n) is 3.59. The number of oxazole rings is 1. The highest BCUT2D eigenvalue weighted by atomic mass is 16.5. The number of ether oxygens (including phenoxy) is 1. The van der Waals surface area contributed by atoms with Crippen LogP contribution >= 0.6 is 0 Å². The third kappa shape index (κ3) is 2.51. The lowest BCUT2D eigenvalue weighted by molar-refractivity contribution is 0.142. The summed E-state index contributed by atoms with van der Waals surface area (Å²) in [7, 11) is 1.75. The average Bonchev–Trinajstić information content (AvgIpc) is 2.82. The number of benzene rings is 1. The first-order chi connectivity index (χ1) is 9.26. The quantitative estimate of drug-likeness (QED) is 0.859. The summed E-state index contributed by atoms with van der Waals surface area (Å²) < 4.78 is 11.1. The van der Waals surface area contributed by atoms with Gasteiger partial charge in [-0.25, -0.2) is 0 Å². The van der Waals surface area contributed by atoms with Gasteiger partial charge in [-0.15, -0.1) is 0 Å². The van der Waals surface area contributed by atoms with Gasteiger partial charge in [-0.3, -0.25) is 0 Å². The van der Waals surface area contributed by atoms with Gasteiger partial charge in [-0.2, -0.15) is 4.98 Å². The maximum atomic E-state index is 5.81. The first-order valence-corrected chi connectivity index (χ1v) is 6.66. The molecule has 0 aliphatic carbocycles. The van der Waals surface area contributed by atoms with Crippen LogP contribution in [-0.2, 0) is 4.74 Å². The topological polar surface area (TPSA) is 64.5 Å². The standard InChI is InChI=1S/C14H19N3O2/c1-18-9-10-3-2-6-17(8-10)14-16-12-7-11(15)4-5-13(12)19-14/h4-5,7,10H,2-3,6,8-9,15H2,1H3. The Morgan fingerprint density at radius 2 is 2.42 bits per heavy atom. The normalized spacial score (nSPS) is 20.1. The van der Waals surface area contributed by atoms with Crippen LogP contribution in [0.15, 0.2) is 22.6 Å². The molecule has 0 bridgehead atoms. The summed E-state index contributed by atoms with van der Waals surface area (Å²) in [6, 6.07) is 6.25. The molecule has 2 aromatic rings. The summed E-state index contributed by atoms with van der Waals surface area (Å²) in [6.45, 7) is 2.72. The first kappa shape index (κ1) is 12.3. The fourth-order valence-corrected chi connectivity index (χ4v) is 2.68. The molecule has 19 heavy (non-hydrogen) atoms. The lowest BCUT2D eigenvalue weighted by Crippen LogP contribution is -2.37. The van der Waals surface area contributed by atoms with E-state index >= 15 is 0 Å². The number of fused-ring (bicyclic) bond motifs is 1. The van der Waals surface area contributed by atoms with Crippen molar-refractivity contribution in [2.24, 2.45) is 5.92 Å². The van der Waals surface area contributed by atoms with E-state index in [4.69, 9.17) is 14.9 Å². The maximum absolute atomic E-state index is 5.81. The van der Waals surface area contributed by atoms with Crippen molar-refractivity contribution in [3.63, 3.8) is 0 Å². The van der Waals surface area contributed by atoms with E-state index in [9.17, 15) is 0 Å². The highest BCUT2D eigenvalue weighted by molar-refractivity contribution is 5.78. The summed E-state index contributed by atoms with van der Waals surface area (Å²) >= 11 is 0. The molecule has 0 amide bonds. The van der Waals surface area contributed by atoms with Crippen LogP contribution in [0.4, 0.5) is 11.7 Å². The van der Waals surface area contributed by atoms with Crippen LogP contribution in [0.3, 0.4) is 0 Å². The Labute approximate surface area is 112 Å². The van der Waals surface area contributed by atoms with Crippen LogP contribution in [0.1, 0.15) is 12.8 Å². The molecule has 102 valence electrons. The van der Waals surface area contributed by atoms with Crippen LogP contribution in [-0.4, -0.2) is 31.8 Å². The highest BCUT2D eigenvalue weighted by Gasteiger charge is 2.23. The van der Waals surface area contributed by atoms with Gasteiger partial charge in [0.05, 0.1) is 6.61 Å². The van der Waals surface area contributed by atoms with Gasteiger partial charge in [-0.1, -0.05) is 0 Å². The van der Waals surface area contributed by atoms with Crippen LogP contribution in [0.2, 0.25) is 0 Å². The number of methoxy groups -OCH3 is 1. The summed E-state index contributed by atoms with van der Waals surface area (Å²) in [5.41, 5.74) is 8.09. The predicted molar refractivity (Wildman–Crippen MR) is 75.2 cm³/mol. The molecule has 5 nitrogen and oxygen atoms in total. The molecule has 0 radical (unpaired) electrons. The van der Waals surface area contributed by atoms with Crippen molar-refractivity contribution in [3.05, 3.63) is 18.2 Å². The number of hydrogen-bond acceptors (Lipinski definition) is 5. The lowest BCUT2D eigenvalue weighted by atomic mass is 9.99. The Kier molecular flexibility index (Phi) is 3.29.